The van der Waals surface area contributed by atoms with E-state index in [0.717, 1.165) is 24.3 Å². The zero-order chi connectivity index (χ0) is 13.4. The Bertz CT molecular complexity index is 501. The number of rotatable bonds is 2. The summed E-state index contributed by atoms with van der Waals surface area (Å²) in [7, 11) is 0. The fourth-order valence-electron chi connectivity index (χ4n) is 3.02. The number of aryl methyl sites for hydroxylation is 1. The van der Waals surface area contributed by atoms with E-state index in [2.05, 4.69) is 30.1 Å². The van der Waals surface area contributed by atoms with Crippen LogP contribution in [0.5, 0.6) is 0 Å². The maximum absolute atomic E-state index is 12.3. The molecule has 1 fully saturated rings. The number of carbonyl (C=O) groups excluding carboxylic acids is 1. The molecule has 2 aliphatic heterocycles. The van der Waals surface area contributed by atoms with Crippen molar-refractivity contribution in [1.82, 2.24) is 0 Å². The summed E-state index contributed by atoms with van der Waals surface area (Å²) >= 11 is 0. The standard InChI is InChI=1S/C15H20N2O2/c1-3-6-17-13-7-10(2)4-5-12(13)16-15(18)11-8-19-9-14(11)17/h4-5,7,11,14H,3,6,8-9H2,1-2H3,(H,16,18). The summed E-state index contributed by atoms with van der Waals surface area (Å²) < 4.78 is 5.54. The van der Waals surface area contributed by atoms with Crippen LogP contribution in [0.15, 0.2) is 18.2 Å². The molecule has 1 saturated heterocycles. The second kappa shape index (κ2) is 4.85. The first-order chi connectivity index (χ1) is 9.20. The van der Waals surface area contributed by atoms with Crippen LogP contribution < -0.4 is 10.2 Å². The summed E-state index contributed by atoms with van der Waals surface area (Å²) in [5.74, 6) is 0.0328. The number of hydrogen-bond acceptors (Lipinski definition) is 3. The van der Waals surface area contributed by atoms with Gasteiger partial charge in [0.25, 0.3) is 0 Å². The van der Waals surface area contributed by atoms with Crippen LogP contribution in [-0.2, 0) is 9.53 Å². The van der Waals surface area contributed by atoms with Crippen molar-refractivity contribution < 1.29 is 9.53 Å². The number of ether oxygens (including phenoxy) is 1. The van der Waals surface area contributed by atoms with E-state index in [4.69, 9.17) is 4.74 Å². The first-order valence-corrected chi connectivity index (χ1v) is 6.96. The van der Waals surface area contributed by atoms with Gasteiger partial charge in [-0.25, -0.2) is 0 Å². The molecule has 0 aliphatic carbocycles. The van der Waals surface area contributed by atoms with Gasteiger partial charge in [-0.05, 0) is 31.0 Å². The summed E-state index contributed by atoms with van der Waals surface area (Å²) in [5.41, 5.74) is 3.28. The molecule has 2 heterocycles. The van der Waals surface area contributed by atoms with Crippen LogP contribution in [0.4, 0.5) is 11.4 Å². The van der Waals surface area contributed by atoms with E-state index in [0.29, 0.717) is 13.2 Å². The second-order valence-electron chi connectivity index (χ2n) is 5.41. The van der Waals surface area contributed by atoms with Gasteiger partial charge in [0.1, 0.15) is 0 Å². The van der Waals surface area contributed by atoms with E-state index < -0.39 is 0 Å². The molecule has 0 saturated carbocycles. The van der Waals surface area contributed by atoms with Crippen molar-refractivity contribution in [3.8, 4) is 0 Å². The molecule has 4 nitrogen and oxygen atoms in total. The first kappa shape index (κ1) is 12.5. The molecule has 2 aliphatic rings. The van der Waals surface area contributed by atoms with Gasteiger partial charge in [0.05, 0.1) is 36.5 Å². The highest BCUT2D eigenvalue weighted by molar-refractivity contribution is 5.98. The van der Waals surface area contributed by atoms with E-state index in [1.165, 1.54) is 5.56 Å². The lowest BCUT2D eigenvalue weighted by Crippen LogP contribution is -2.43. The summed E-state index contributed by atoms with van der Waals surface area (Å²) in [6.07, 6.45) is 1.06. The highest BCUT2D eigenvalue weighted by Crippen LogP contribution is 2.36. The molecule has 1 aromatic rings. The highest BCUT2D eigenvalue weighted by atomic mass is 16.5. The van der Waals surface area contributed by atoms with Crippen molar-refractivity contribution >= 4 is 17.3 Å². The Kier molecular flexibility index (Phi) is 3.19. The van der Waals surface area contributed by atoms with Gasteiger partial charge in [-0.1, -0.05) is 13.0 Å². The predicted octanol–water partition coefficient (Wildman–Crippen LogP) is 2.18. The number of fused-ring (bicyclic) bond motifs is 2. The van der Waals surface area contributed by atoms with Crippen LogP contribution >= 0.6 is 0 Å². The van der Waals surface area contributed by atoms with Crippen molar-refractivity contribution in [2.45, 2.75) is 26.3 Å². The highest BCUT2D eigenvalue weighted by Gasteiger charge is 2.40. The van der Waals surface area contributed by atoms with Crippen LogP contribution in [-0.4, -0.2) is 31.7 Å². The average Bonchev–Trinajstić information content (AvgIpc) is 2.83. The summed E-state index contributed by atoms with van der Waals surface area (Å²) in [5, 5.41) is 3.05. The molecule has 1 N–H and O–H groups in total. The number of hydrogen-bond donors (Lipinski definition) is 1. The molecule has 0 aromatic heterocycles. The summed E-state index contributed by atoms with van der Waals surface area (Å²) in [6.45, 7) is 6.38. The molecule has 0 radical (unpaired) electrons. The van der Waals surface area contributed by atoms with Crippen LogP contribution in [0.25, 0.3) is 0 Å². The fraction of sp³-hybridized carbons (Fsp3) is 0.533. The molecular formula is C15H20N2O2. The maximum atomic E-state index is 12.3. The Hall–Kier alpha value is -1.55. The number of carbonyl (C=O) groups is 1. The van der Waals surface area contributed by atoms with Gasteiger partial charge in [-0.3, -0.25) is 4.79 Å². The minimum atomic E-state index is -0.0562. The van der Waals surface area contributed by atoms with Gasteiger partial charge in [0, 0.05) is 6.54 Å². The van der Waals surface area contributed by atoms with Crippen LogP contribution in [0.2, 0.25) is 0 Å². The van der Waals surface area contributed by atoms with Gasteiger partial charge in [0.2, 0.25) is 5.91 Å². The second-order valence-corrected chi connectivity index (χ2v) is 5.41. The molecule has 1 aromatic carbocycles. The lowest BCUT2D eigenvalue weighted by molar-refractivity contribution is -0.120. The van der Waals surface area contributed by atoms with Crippen molar-refractivity contribution in [3.05, 3.63) is 23.8 Å². The SMILES string of the molecule is CCCN1c2cc(C)ccc2NC(=O)C2COCC21. The molecule has 1 amide bonds. The summed E-state index contributed by atoms with van der Waals surface area (Å²) in [6, 6.07) is 6.38. The average molecular weight is 260 g/mol. The van der Waals surface area contributed by atoms with Crippen LogP contribution in [0.1, 0.15) is 18.9 Å². The maximum Gasteiger partial charge on any atom is 0.232 e. The van der Waals surface area contributed by atoms with Crippen LogP contribution in [0.3, 0.4) is 0 Å². The third-order valence-corrected chi connectivity index (χ3v) is 3.97. The largest absolute Gasteiger partial charge is 0.378 e. The Morgan fingerprint density at radius 3 is 3.05 bits per heavy atom. The van der Waals surface area contributed by atoms with Crippen molar-refractivity contribution in [3.63, 3.8) is 0 Å². The van der Waals surface area contributed by atoms with E-state index >= 15 is 0 Å². The topological polar surface area (TPSA) is 41.6 Å². The Morgan fingerprint density at radius 2 is 2.26 bits per heavy atom. The molecule has 0 spiro atoms. The molecule has 2 unspecified atom stereocenters. The van der Waals surface area contributed by atoms with E-state index in [1.54, 1.807) is 0 Å². The third kappa shape index (κ3) is 2.10. The molecule has 3 rings (SSSR count). The number of anilines is 2. The number of benzene rings is 1. The number of amides is 1. The van der Waals surface area contributed by atoms with E-state index in [-0.39, 0.29) is 17.9 Å². The smallest absolute Gasteiger partial charge is 0.232 e. The van der Waals surface area contributed by atoms with Gasteiger partial charge in [0.15, 0.2) is 0 Å². The van der Waals surface area contributed by atoms with Gasteiger partial charge in [-0.2, -0.15) is 0 Å². The number of nitrogens with one attached hydrogen (secondary N) is 1. The fourth-order valence-corrected chi connectivity index (χ4v) is 3.02. The lowest BCUT2D eigenvalue weighted by Gasteiger charge is -2.31. The number of nitrogens with zero attached hydrogens (tertiary/aromatic N) is 1. The summed E-state index contributed by atoms with van der Waals surface area (Å²) in [4.78, 5) is 14.6. The zero-order valence-electron chi connectivity index (χ0n) is 11.5. The monoisotopic (exact) mass is 260 g/mol. The van der Waals surface area contributed by atoms with E-state index in [1.807, 2.05) is 12.1 Å². The Balaban J connectivity index is 2.07. The minimum absolute atomic E-state index is 0.0562. The normalized spacial score (nSPS) is 25.6. The molecule has 102 valence electrons. The van der Waals surface area contributed by atoms with Crippen molar-refractivity contribution in [2.75, 3.05) is 30.0 Å². The van der Waals surface area contributed by atoms with Crippen molar-refractivity contribution in [1.29, 1.82) is 0 Å². The Morgan fingerprint density at radius 1 is 1.42 bits per heavy atom. The van der Waals surface area contributed by atoms with E-state index in [9.17, 15) is 4.79 Å². The van der Waals surface area contributed by atoms with Gasteiger partial charge >= 0.3 is 0 Å². The molecule has 0 bridgehead atoms. The minimum Gasteiger partial charge on any atom is -0.378 e. The third-order valence-electron chi connectivity index (χ3n) is 3.97. The van der Waals surface area contributed by atoms with Crippen LogP contribution in [0, 0.1) is 12.8 Å². The molecule has 19 heavy (non-hydrogen) atoms. The molecule has 4 heteroatoms. The van der Waals surface area contributed by atoms with Crippen molar-refractivity contribution in [2.24, 2.45) is 5.92 Å². The quantitative estimate of drug-likeness (QED) is 0.886. The zero-order valence-corrected chi connectivity index (χ0v) is 11.5. The lowest BCUT2D eigenvalue weighted by atomic mass is 10.0. The Labute approximate surface area is 113 Å². The predicted molar refractivity (Wildman–Crippen MR) is 75.5 cm³/mol. The molecular weight excluding hydrogens is 240 g/mol. The van der Waals surface area contributed by atoms with Gasteiger partial charge in [-0.15, -0.1) is 0 Å². The molecule has 2 atom stereocenters. The first-order valence-electron chi connectivity index (χ1n) is 6.96. The van der Waals surface area contributed by atoms with Gasteiger partial charge < -0.3 is 15.0 Å².